The van der Waals surface area contributed by atoms with E-state index in [2.05, 4.69) is 5.32 Å². The number of halogens is 3. The van der Waals surface area contributed by atoms with E-state index >= 15 is 0 Å². The SMILES string of the molecule is Cc1cc(F)ccc1C1CCC(NCCCC(=O)c2ccc(F)cc2)CC1.Cl. The maximum absolute atomic E-state index is 13.3. The summed E-state index contributed by atoms with van der Waals surface area (Å²) in [6.45, 7) is 2.80. The largest absolute Gasteiger partial charge is 0.314 e. The number of carbonyl (C=O) groups excluding carboxylic acids is 1. The number of carbonyl (C=O) groups is 1. The van der Waals surface area contributed by atoms with Gasteiger partial charge in [0.1, 0.15) is 11.6 Å². The van der Waals surface area contributed by atoms with Gasteiger partial charge in [0.15, 0.2) is 5.78 Å². The molecule has 0 radical (unpaired) electrons. The highest BCUT2D eigenvalue weighted by molar-refractivity contribution is 5.95. The third kappa shape index (κ3) is 6.11. The summed E-state index contributed by atoms with van der Waals surface area (Å²) < 4.78 is 26.2. The van der Waals surface area contributed by atoms with Crippen LogP contribution in [0.5, 0.6) is 0 Å². The van der Waals surface area contributed by atoms with E-state index in [1.54, 1.807) is 24.3 Å². The summed E-state index contributed by atoms with van der Waals surface area (Å²) in [6, 6.07) is 11.3. The van der Waals surface area contributed by atoms with E-state index in [-0.39, 0.29) is 29.8 Å². The van der Waals surface area contributed by atoms with Gasteiger partial charge in [-0.25, -0.2) is 8.78 Å². The van der Waals surface area contributed by atoms with Gasteiger partial charge in [-0.3, -0.25) is 4.79 Å². The monoisotopic (exact) mass is 407 g/mol. The van der Waals surface area contributed by atoms with Crippen LogP contribution in [0.3, 0.4) is 0 Å². The summed E-state index contributed by atoms with van der Waals surface area (Å²) in [7, 11) is 0. The molecule has 2 aromatic carbocycles. The molecule has 1 aliphatic carbocycles. The lowest BCUT2D eigenvalue weighted by atomic mass is 9.80. The Labute approximate surface area is 172 Å². The molecule has 0 atom stereocenters. The number of ketones is 1. The van der Waals surface area contributed by atoms with Crippen molar-refractivity contribution in [3.05, 3.63) is 70.8 Å². The molecule has 1 N–H and O–H groups in total. The predicted octanol–water partition coefficient (Wildman–Crippen LogP) is 5.97. The lowest BCUT2D eigenvalue weighted by Gasteiger charge is -2.30. The molecule has 2 aromatic rings. The Hall–Kier alpha value is -1.78. The second-order valence-corrected chi connectivity index (χ2v) is 7.54. The number of aryl methyl sites for hydroxylation is 1. The second-order valence-electron chi connectivity index (χ2n) is 7.54. The van der Waals surface area contributed by atoms with Crippen LogP contribution in [0.4, 0.5) is 8.78 Å². The molecule has 3 rings (SSSR count). The van der Waals surface area contributed by atoms with E-state index in [0.717, 1.165) is 44.2 Å². The Balaban J connectivity index is 0.00000280. The number of nitrogens with one attached hydrogen (secondary N) is 1. The molecule has 28 heavy (non-hydrogen) atoms. The third-order valence-electron chi connectivity index (χ3n) is 5.58. The van der Waals surface area contributed by atoms with E-state index in [9.17, 15) is 13.6 Å². The first kappa shape index (κ1) is 22.5. The molecule has 0 unspecified atom stereocenters. The van der Waals surface area contributed by atoms with Crippen molar-refractivity contribution in [3.8, 4) is 0 Å². The van der Waals surface area contributed by atoms with Crippen molar-refractivity contribution in [2.75, 3.05) is 6.54 Å². The van der Waals surface area contributed by atoms with Crippen molar-refractivity contribution in [2.24, 2.45) is 0 Å². The second kappa shape index (κ2) is 10.7. The first-order valence-corrected chi connectivity index (χ1v) is 9.81. The van der Waals surface area contributed by atoms with Crippen LogP contribution >= 0.6 is 12.4 Å². The van der Waals surface area contributed by atoms with Crippen LogP contribution in [-0.2, 0) is 0 Å². The zero-order chi connectivity index (χ0) is 19.2. The van der Waals surface area contributed by atoms with Gasteiger partial charge in [-0.15, -0.1) is 12.4 Å². The summed E-state index contributed by atoms with van der Waals surface area (Å²) in [6.07, 6.45) is 5.69. The van der Waals surface area contributed by atoms with Gasteiger partial charge in [0.2, 0.25) is 0 Å². The number of Topliss-reactive ketones (excluding diaryl/α,β-unsaturated/α-hetero) is 1. The van der Waals surface area contributed by atoms with Gasteiger partial charge < -0.3 is 5.32 Å². The van der Waals surface area contributed by atoms with Crippen LogP contribution in [0.25, 0.3) is 0 Å². The Morgan fingerprint density at radius 1 is 1.00 bits per heavy atom. The molecule has 0 amide bonds. The van der Waals surface area contributed by atoms with E-state index in [0.29, 0.717) is 23.9 Å². The average molecular weight is 408 g/mol. The van der Waals surface area contributed by atoms with Gasteiger partial charge in [-0.1, -0.05) is 6.07 Å². The van der Waals surface area contributed by atoms with Crippen LogP contribution in [0.1, 0.15) is 65.9 Å². The maximum Gasteiger partial charge on any atom is 0.162 e. The third-order valence-corrected chi connectivity index (χ3v) is 5.58. The minimum absolute atomic E-state index is 0. The normalized spacial score (nSPS) is 19.1. The Morgan fingerprint density at radius 2 is 1.64 bits per heavy atom. The zero-order valence-corrected chi connectivity index (χ0v) is 17.0. The van der Waals surface area contributed by atoms with Gasteiger partial charge >= 0.3 is 0 Å². The summed E-state index contributed by atoms with van der Waals surface area (Å²) in [5.41, 5.74) is 2.90. The molecule has 1 aliphatic rings. The fourth-order valence-corrected chi connectivity index (χ4v) is 4.04. The minimum Gasteiger partial charge on any atom is -0.314 e. The molecule has 1 saturated carbocycles. The number of rotatable bonds is 7. The predicted molar refractivity (Wildman–Crippen MR) is 111 cm³/mol. The quantitative estimate of drug-likeness (QED) is 0.452. The van der Waals surface area contributed by atoms with Crippen LogP contribution < -0.4 is 5.32 Å². The van der Waals surface area contributed by atoms with E-state index < -0.39 is 0 Å². The molecule has 0 heterocycles. The van der Waals surface area contributed by atoms with Gasteiger partial charge in [-0.05, 0) is 99.0 Å². The van der Waals surface area contributed by atoms with Crippen LogP contribution in [0, 0.1) is 18.6 Å². The molecule has 1 fully saturated rings. The van der Waals surface area contributed by atoms with Crippen molar-refractivity contribution in [1.82, 2.24) is 5.32 Å². The molecule has 152 valence electrons. The Morgan fingerprint density at radius 3 is 2.29 bits per heavy atom. The summed E-state index contributed by atoms with van der Waals surface area (Å²) >= 11 is 0. The van der Waals surface area contributed by atoms with Crippen LogP contribution in [0.2, 0.25) is 0 Å². The van der Waals surface area contributed by atoms with Crippen molar-refractivity contribution in [3.63, 3.8) is 0 Å². The molecule has 0 saturated heterocycles. The molecule has 0 bridgehead atoms. The van der Waals surface area contributed by atoms with E-state index in [4.69, 9.17) is 0 Å². The fraction of sp³-hybridized carbons (Fsp3) is 0.435. The van der Waals surface area contributed by atoms with Crippen molar-refractivity contribution in [2.45, 2.75) is 57.4 Å². The molecular weight excluding hydrogens is 380 g/mol. The molecular formula is C23H28ClF2NO. The fourth-order valence-electron chi connectivity index (χ4n) is 4.04. The molecule has 0 aliphatic heterocycles. The standard InChI is InChI=1S/C23H27F2NO.ClH/c1-16-15-20(25)10-13-22(16)17-6-11-21(12-7-17)26-14-2-3-23(27)18-4-8-19(24)9-5-18;/h4-5,8-10,13,15,17,21,26H,2-3,6-7,11-12,14H2,1H3;1H. The molecule has 0 spiro atoms. The van der Waals surface area contributed by atoms with E-state index in [1.807, 2.05) is 13.0 Å². The molecule has 0 aromatic heterocycles. The Bertz CT molecular complexity index is 771. The van der Waals surface area contributed by atoms with Gasteiger partial charge in [0.05, 0.1) is 0 Å². The minimum atomic E-state index is -0.320. The topological polar surface area (TPSA) is 29.1 Å². The van der Waals surface area contributed by atoms with Gasteiger partial charge in [0, 0.05) is 18.0 Å². The highest BCUT2D eigenvalue weighted by atomic mass is 35.5. The number of hydrogen-bond donors (Lipinski definition) is 1. The molecule has 5 heteroatoms. The highest BCUT2D eigenvalue weighted by Crippen LogP contribution is 2.34. The zero-order valence-electron chi connectivity index (χ0n) is 16.2. The van der Waals surface area contributed by atoms with Crippen molar-refractivity contribution >= 4 is 18.2 Å². The lowest BCUT2D eigenvalue weighted by molar-refractivity contribution is 0.0979. The first-order valence-electron chi connectivity index (χ1n) is 9.81. The van der Waals surface area contributed by atoms with Crippen LogP contribution in [0.15, 0.2) is 42.5 Å². The average Bonchev–Trinajstić information content (AvgIpc) is 2.66. The van der Waals surface area contributed by atoms with Gasteiger partial charge in [0.25, 0.3) is 0 Å². The lowest BCUT2D eigenvalue weighted by Crippen LogP contribution is -2.33. The first-order chi connectivity index (χ1) is 13.0. The number of benzene rings is 2. The summed E-state index contributed by atoms with van der Waals surface area (Å²) in [5, 5.41) is 3.56. The van der Waals surface area contributed by atoms with Crippen molar-refractivity contribution in [1.29, 1.82) is 0 Å². The number of hydrogen-bond acceptors (Lipinski definition) is 2. The van der Waals surface area contributed by atoms with E-state index in [1.165, 1.54) is 17.7 Å². The molecule has 2 nitrogen and oxygen atoms in total. The maximum atomic E-state index is 13.3. The highest BCUT2D eigenvalue weighted by Gasteiger charge is 2.23. The summed E-state index contributed by atoms with van der Waals surface area (Å²) in [4.78, 5) is 12.1. The van der Waals surface area contributed by atoms with Gasteiger partial charge in [-0.2, -0.15) is 0 Å². The smallest absolute Gasteiger partial charge is 0.162 e. The van der Waals surface area contributed by atoms with Crippen molar-refractivity contribution < 1.29 is 13.6 Å². The van der Waals surface area contributed by atoms with Crippen LogP contribution in [-0.4, -0.2) is 18.4 Å². The summed E-state index contributed by atoms with van der Waals surface area (Å²) in [5.74, 6) is 0.0948. The Kier molecular flexibility index (Phi) is 8.58.